The fourth-order valence-corrected chi connectivity index (χ4v) is 12.8. The summed E-state index contributed by atoms with van der Waals surface area (Å²) < 4.78 is 0. The Morgan fingerprint density at radius 1 is 0.758 bits per heavy atom. The molecule has 1 aliphatic heterocycles. The Kier molecular flexibility index (Phi) is 9.13. The molecule has 0 bridgehead atoms. The van der Waals surface area contributed by atoms with E-state index in [1.165, 1.54) is 83.7 Å². The number of nitriles is 2. The van der Waals surface area contributed by atoms with E-state index >= 15 is 0 Å². The lowest BCUT2D eigenvalue weighted by Crippen LogP contribution is -3.07. The number of fused-ring (bicyclic) bond motifs is 12. The smallest absolute Gasteiger partial charge is 0.114 e. The SMILES string of the molecule is N#Cc1cccc(C2C3CC(C4=CC5C6CC=CC=C6c6ccccc6C5CC4)=CC(C4=CCC5C(=C4)C4=C(C=CCC4)c4ccccc45)=C3[N-][NH+]2CC2=CC=CC(C#N)C2)c1. The van der Waals surface area contributed by atoms with Crippen molar-refractivity contribution in [3.8, 4) is 12.1 Å². The standard InChI is InChI=1S/C58H50N4/c59-33-36-11-9-13-38(27-36)35-62-58(41-14-10-12-37(28-41)34-60)56-32-42(39-23-25-51-47-19-3-1-15-43(47)45-17-5-7-21-49(45)54(51)29-39)31-53(57(56)61-62)40-24-26-52-48-20-4-2-16-44(48)46-18-6-8-22-50(46)55(52)30-40/h1-7,9-20,24,28-31,36,49,51-52,54,56,58,62H,8,21-23,25-27,32,35H2. The van der Waals surface area contributed by atoms with Gasteiger partial charge in [0, 0.05) is 17.4 Å². The van der Waals surface area contributed by atoms with E-state index < -0.39 is 0 Å². The Morgan fingerprint density at radius 2 is 1.65 bits per heavy atom. The minimum Gasteiger partial charge on any atom is -0.491 e. The zero-order chi connectivity index (χ0) is 41.3. The Balaban J connectivity index is 1.00. The van der Waals surface area contributed by atoms with Gasteiger partial charge < -0.3 is 10.4 Å². The molecular weight excluding hydrogens is 753 g/mol. The van der Waals surface area contributed by atoms with Crippen LogP contribution in [0.3, 0.4) is 0 Å². The predicted octanol–water partition coefficient (Wildman–Crippen LogP) is 12.3. The van der Waals surface area contributed by atoms with Crippen molar-refractivity contribution < 1.29 is 5.01 Å². The van der Waals surface area contributed by atoms with Crippen molar-refractivity contribution in [3.05, 3.63) is 229 Å². The molecule has 4 nitrogen and oxygen atoms in total. The average molecular weight is 803 g/mol. The summed E-state index contributed by atoms with van der Waals surface area (Å²) in [5.74, 6) is 1.85. The highest BCUT2D eigenvalue weighted by molar-refractivity contribution is 5.87. The van der Waals surface area contributed by atoms with Crippen LogP contribution in [0.2, 0.25) is 0 Å². The normalized spacial score (nSPS) is 29.8. The lowest BCUT2D eigenvalue weighted by Gasteiger charge is -2.44. The highest BCUT2D eigenvalue weighted by Gasteiger charge is 2.44. The molecule has 8 aliphatic carbocycles. The second-order valence-electron chi connectivity index (χ2n) is 18.8. The lowest BCUT2D eigenvalue weighted by molar-refractivity contribution is -0.882. The highest BCUT2D eigenvalue weighted by atomic mass is 15.6. The van der Waals surface area contributed by atoms with E-state index in [9.17, 15) is 10.5 Å². The largest absolute Gasteiger partial charge is 0.491 e. The van der Waals surface area contributed by atoms with E-state index in [0.717, 1.165) is 62.9 Å². The zero-order valence-electron chi connectivity index (χ0n) is 35.1. The molecule has 8 atom stereocenters. The van der Waals surface area contributed by atoms with Gasteiger partial charge in [-0.1, -0.05) is 134 Å². The number of nitrogens with one attached hydrogen (secondary N) is 1. The van der Waals surface area contributed by atoms with Crippen molar-refractivity contribution in [2.75, 3.05) is 6.54 Å². The van der Waals surface area contributed by atoms with Crippen molar-refractivity contribution in [1.29, 1.82) is 10.5 Å². The molecule has 1 N–H and O–H groups in total. The maximum absolute atomic E-state index is 10.1. The van der Waals surface area contributed by atoms with Crippen LogP contribution in [0.25, 0.3) is 16.6 Å². The highest BCUT2D eigenvalue weighted by Crippen LogP contribution is 2.56. The number of nitrogens with zero attached hydrogens (tertiary/aromatic N) is 3. The molecule has 62 heavy (non-hydrogen) atoms. The van der Waals surface area contributed by atoms with Gasteiger partial charge in [-0.05, 0) is 154 Å². The number of quaternary nitrogens is 1. The van der Waals surface area contributed by atoms with Crippen LogP contribution >= 0.6 is 0 Å². The summed E-state index contributed by atoms with van der Waals surface area (Å²) in [4.78, 5) is 0. The predicted molar refractivity (Wildman–Crippen MR) is 248 cm³/mol. The van der Waals surface area contributed by atoms with E-state index in [2.05, 4.69) is 146 Å². The molecule has 0 saturated carbocycles. The number of allylic oxidation sites excluding steroid dienone is 20. The fourth-order valence-electron chi connectivity index (χ4n) is 12.8. The van der Waals surface area contributed by atoms with Gasteiger partial charge in [0.25, 0.3) is 0 Å². The van der Waals surface area contributed by atoms with Crippen molar-refractivity contribution in [2.24, 2.45) is 23.7 Å². The summed E-state index contributed by atoms with van der Waals surface area (Å²) in [6.07, 6.45) is 36.5. The third kappa shape index (κ3) is 6.11. The molecule has 1 saturated heterocycles. The Morgan fingerprint density at radius 3 is 2.55 bits per heavy atom. The van der Waals surface area contributed by atoms with Gasteiger partial charge in [0.15, 0.2) is 0 Å². The summed E-state index contributed by atoms with van der Waals surface area (Å²) >= 11 is 0. The maximum Gasteiger partial charge on any atom is 0.114 e. The number of benzene rings is 3. The first-order valence-corrected chi connectivity index (χ1v) is 23.0. The van der Waals surface area contributed by atoms with Crippen LogP contribution in [0.4, 0.5) is 0 Å². The number of hydrogen-bond donors (Lipinski definition) is 1. The molecule has 302 valence electrons. The van der Waals surface area contributed by atoms with Gasteiger partial charge in [0.1, 0.15) is 6.04 Å². The maximum atomic E-state index is 10.1. The summed E-state index contributed by atoms with van der Waals surface area (Å²) in [7, 11) is 0. The van der Waals surface area contributed by atoms with Crippen LogP contribution in [0, 0.1) is 46.3 Å². The van der Waals surface area contributed by atoms with Gasteiger partial charge in [-0.3, -0.25) is 0 Å². The van der Waals surface area contributed by atoms with Crippen molar-refractivity contribution in [1.82, 2.24) is 0 Å². The van der Waals surface area contributed by atoms with Crippen LogP contribution in [-0.2, 0) is 0 Å². The summed E-state index contributed by atoms with van der Waals surface area (Å²) in [5, 5.41) is 21.2. The average Bonchev–Trinajstić information content (AvgIpc) is 3.71. The van der Waals surface area contributed by atoms with Crippen LogP contribution in [0.1, 0.15) is 103 Å². The molecule has 3 aromatic carbocycles. The van der Waals surface area contributed by atoms with Gasteiger partial charge in [0.05, 0.1) is 30.2 Å². The molecule has 0 spiro atoms. The van der Waals surface area contributed by atoms with Gasteiger partial charge in [-0.25, -0.2) is 0 Å². The van der Waals surface area contributed by atoms with E-state index in [1.54, 1.807) is 0 Å². The van der Waals surface area contributed by atoms with Gasteiger partial charge in [0.2, 0.25) is 0 Å². The monoisotopic (exact) mass is 802 g/mol. The second-order valence-corrected chi connectivity index (χ2v) is 18.8. The van der Waals surface area contributed by atoms with E-state index in [4.69, 9.17) is 5.43 Å². The van der Waals surface area contributed by atoms with Crippen LogP contribution in [-0.4, -0.2) is 6.54 Å². The molecule has 0 radical (unpaired) electrons. The summed E-state index contributed by atoms with van der Waals surface area (Å²) in [6.45, 7) is 0.727. The zero-order valence-corrected chi connectivity index (χ0v) is 35.1. The second kappa shape index (κ2) is 15.2. The summed E-state index contributed by atoms with van der Waals surface area (Å²) in [5.41, 5.74) is 27.4. The first-order valence-electron chi connectivity index (χ1n) is 23.0. The van der Waals surface area contributed by atoms with E-state index in [-0.39, 0.29) is 17.9 Å². The van der Waals surface area contributed by atoms with Crippen molar-refractivity contribution >= 4 is 11.1 Å². The molecule has 9 aliphatic rings. The molecule has 1 heterocycles. The molecule has 0 amide bonds. The quantitative estimate of drug-likeness (QED) is 0.279. The molecule has 1 fully saturated rings. The molecule has 3 aromatic rings. The van der Waals surface area contributed by atoms with Gasteiger partial charge >= 0.3 is 0 Å². The molecule has 0 aromatic heterocycles. The fraction of sp³-hybridized carbons (Fsp3) is 0.276. The Hall–Kier alpha value is -6.46. The van der Waals surface area contributed by atoms with Gasteiger partial charge in [-0.2, -0.15) is 10.5 Å². The third-order valence-electron chi connectivity index (χ3n) is 15.6. The van der Waals surface area contributed by atoms with Gasteiger partial charge in [-0.15, -0.1) is 5.70 Å². The minimum absolute atomic E-state index is 0.0322. The Labute approximate surface area is 366 Å². The van der Waals surface area contributed by atoms with Crippen molar-refractivity contribution in [2.45, 2.75) is 69.2 Å². The van der Waals surface area contributed by atoms with Crippen LogP contribution < -0.4 is 5.01 Å². The van der Waals surface area contributed by atoms with Crippen molar-refractivity contribution in [3.63, 3.8) is 0 Å². The molecular formula is C58H50N4. The lowest BCUT2D eigenvalue weighted by atomic mass is 9.60. The third-order valence-corrected chi connectivity index (χ3v) is 15.6. The molecule has 12 rings (SSSR count). The topological polar surface area (TPSA) is 66.1 Å². The number of hydrogen-bond acceptors (Lipinski definition) is 2. The molecule has 8 unspecified atom stereocenters. The minimum atomic E-state index is -0.118. The van der Waals surface area contributed by atoms with E-state index in [0.29, 0.717) is 29.2 Å². The number of rotatable bonds is 5. The molecule has 4 heteroatoms. The first-order chi connectivity index (χ1) is 30.6. The summed E-state index contributed by atoms with van der Waals surface area (Å²) in [6, 6.07) is 31.6. The first kappa shape index (κ1) is 37.3. The van der Waals surface area contributed by atoms with Crippen LogP contribution in [0.15, 0.2) is 190 Å². The Bertz CT molecular complexity index is 2880. The van der Waals surface area contributed by atoms with Crippen LogP contribution in [0.5, 0.6) is 0 Å². The van der Waals surface area contributed by atoms with E-state index in [1.807, 2.05) is 12.1 Å².